The van der Waals surface area contributed by atoms with Crippen LogP contribution in [0.4, 0.5) is 0 Å². The lowest BCUT2D eigenvalue weighted by Gasteiger charge is -2.08. The standard InChI is InChI=1S/C16H10Cl3NO3/c17-10-3-7(4-11(18)15(10)19)9-1-2-12(21)14-8(5-13(22)23)6-20-16(9)14/h1-4,6,20-21H,5H2,(H,22,23). The van der Waals surface area contributed by atoms with E-state index in [1.807, 2.05) is 0 Å². The van der Waals surface area contributed by atoms with Gasteiger partial charge in [0.05, 0.1) is 27.0 Å². The van der Waals surface area contributed by atoms with Gasteiger partial charge in [-0.05, 0) is 35.4 Å². The van der Waals surface area contributed by atoms with Crippen molar-refractivity contribution in [2.24, 2.45) is 0 Å². The van der Waals surface area contributed by atoms with Crippen LogP contribution < -0.4 is 0 Å². The van der Waals surface area contributed by atoms with Crippen molar-refractivity contribution in [1.29, 1.82) is 0 Å². The highest BCUT2D eigenvalue weighted by molar-refractivity contribution is 6.48. The minimum atomic E-state index is -0.978. The van der Waals surface area contributed by atoms with E-state index in [0.717, 1.165) is 5.56 Å². The first-order chi connectivity index (χ1) is 10.9. The van der Waals surface area contributed by atoms with Crippen molar-refractivity contribution in [3.8, 4) is 16.9 Å². The second-order valence-electron chi connectivity index (χ2n) is 5.02. The summed E-state index contributed by atoms with van der Waals surface area (Å²) in [6.07, 6.45) is 1.38. The molecule has 1 heterocycles. The van der Waals surface area contributed by atoms with Crippen LogP contribution in [0.2, 0.25) is 15.1 Å². The molecule has 0 radical (unpaired) electrons. The van der Waals surface area contributed by atoms with Crippen LogP contribution in [-0.2, 0) is 11.2 Å². The van der Waals surface area contributed by atoms with Gasteiger partial charge in [-0.1, -0.05) is 34.8 Å². The Bertz CT molecular complexity index is 911. The minimum Gasteiger partial charge on any atom is -0.507 e. The number of rotatable bonds is 3. The topological polar surface area (TPSA) is 73.3 Å². The molecule has 0 aliphatic rings. The highest BCUT2D eigenvalue weighted by Gasteiger charge is 2.16. The molecule has 0 amide bonds. The normalized spacial score (nSPS) is 11.1. The van der Waals surface area contributed by atoms with Crippen molar-refractivity contribution in [3.63, 3.8) is 0 Å². The quantitative estimate of drug-likeness (QED) is 0.560. The van der Waals surface area contributed by atoms with Crippen LogP contribution in [0.25, 0.3) is 22.0 Å². The lowest BCUT2D eigenvalue weighted by Crippen LogP contribution is -1.98. The Balaban J connectivity index is 2.25. The third kappa shape index (κ3) is 2.85. The largest absolute Gasteiger partial charge is 0.507 e. The Hall–Kier alpha value is -1.88. The molecule has 3 N–H and O–H groups in total. The number of aromatic hydroxyl groups is 1. The van der Waals surface area contributed by atoms with Gasteiger partial charge in [0.1, 0.15) is 5.75 Å². The molecule has 0 saturated carbocycles. The smallest absolute Gasteiger partial charge is 0.307 e. The number of phenols is 1. The Kier molecular flexibility index (Phi) is 4.15. The van der Waals surface area contributed by atoms with Crippen molar-refractivity contribution in [1.82, 2.24) is 4.98 Å². The van der Waals surface area contributed by atoms with Crippen molar-refractivity contribution in [2.75, 3.05) is 0 Å². The summed E-state index contributed by atoms with van der Waals surface area (Å²) in [7, 11) is 0. The number of hydrogen-bond acceptors (Lipinski definition) is 2. The third-order valence-corrected chi connectivity index (χ3v) is 4.73. The Morgan fingerprint density at radius 2 is 1.78 bits per heavy atom. The number of phenolic OH excluding ortho intramolecular Hbond substituents is 1. The molecule has 7 heteroatoms. The Labute approximate surface area is 146 Å². The number of nitrogens with one attached hydrogen (secondary N) is 1. The maximum Gasteiger partial charge on any atom is 0.307 e. The third-order valence-electron chi connectivity index (χ3n) is 3.53. The molecule has 2 aromatic carbocycles. The van der Waals surface area contributed by atoms with Crippen LogP contribution in [0.3, 0.4) is 0 Å². The molecule has 3 rings (SSSR count). The van der Waals surface area contributed by atoms with E-state index in [1.54, 1.807) is 24.4 Å². The number of carboxylic acid groups (broad SMARTS) is 1. The molecular formula is C16H10Cl3NO3. The molecule has 3 aromatic rings. The van der Waals surface area contributed by atoms with E-state index in [1.165, 1.54) is 6.07 Å². The summed E-state index contributed by atoms with van der Waals surface area (Å²) in [5, 5.41) is 20.4. The maximum atomic E-state index is 11.0. The van der Waals surface area contributed by atoms with Gasteiger partial charge in [0.2, 0.25) is 0 Å². The molecule has 0 aliphatic heterocycles. The number of aromatic nitrogens is 1. The van der Waals surface area contributed by atoms with E-state index in [0.29, 0.717) is 32.1 Å². The molecule has 0 spiro atoms. The fraction of sp³-hybridized carbons (Fsp3) is 0.0625. The van der Waals surface area contributed by atoms with E-state index < -0.39 is 5.97 Å². The molecule has 118 valence electrons. The predicted molar refractivity (Wildman–Crippen MR) is 91.8 cm³/mol. The van der Waals surface area contributed by atoms with Gasteiger partial charge < -0.3 is 15.2 Å². The molecule has 0 saturated heterocycles. The van der Waals surface area contributed by atoms with Gasteiger partial charge in [0.25, 0.3) is 0 Å². The van der Waals surface area contributed by atoms with Gasteiger partial charge >= 0.3 is 5.97 Å². The van der Waals surface area contributed by atoms with E-state index >= 15 is 0 Å². The van der Waals surface area contributed by atoms with Crippen LogP contribution in [0.5, 0.6) is 5.75 Å². The Morgan fingerprint density at radius 3 is 2.39 bits per heavy atom. The molecule has 0 atom stereocenters. The molecule has 23 heavy (non-hydrogen) atoms. The van der Waals surface area contributed by atoms with Crippen LogP contribution in [-0.4, -0.2) is 21.2 Å². The second kappa shape index (κ2) is 5.96. The predicted octanol–water partition coefficient (Wildman–Crippen LogP) is 5.13. The summed E-state index contributed by atoms with van der Waals surface area (Å²) in [5.41, 5.74) is 2.54. The Morgan fingerprint density at radius 1 is 1.13 bits per heavy atom. The zero-order valence-corrected chi connectivity index (χ0v) is 13.8. The summed E-state index contributed by atoms with van der Waals surface area (Å²) >= 11 is 18.1. The van der Waals surface area contributed by atoms with Gasteiger partial charge in [-0.25, -0.2) is 0 Å². The summed E-state index contributed by atoms with van der Waals surface area (Å²) < 4.78 is 0. The van der Waals surface area contributed by atoms with Crippen LogP contribution in [0.1, 0.15) is 5.56 Å². The lowest BCUT2D eigenvalue weighted by molar-refractivity contribution is -0.136. The van der Waals surface area contributed by atoms with Crippen molar-refractivity contribution in [2.45, 2.75) is 6.42 Å². The number of carboxylic acids is 1. The van der Waals surface area contributed by atoms with Crippen LogP contribution in [0.15, 0.2) is 30.5 Å². The number of H-pyrrole nitrogens is 1. The average molecular weight is 371 g/mol. The monoisotopic (exact) mass is 369 g/mol. The van der Waals surface area contributed by atoms with Crippen molar-refractivity contribution >= 4 is 51.7 Å². The number of aromatic amines is 1. The van der Waals surface area contributed by atoms with Crippen molar-refractivity contribution in [3.05, 3.63) is 51.1 Å². The number of carbonyl (C=O) groups is 1. The highest BCUT2D eigenvalue weighted by atomic mass is 35.5. The summed E-state index contributed by atoms with van der Waals surface area (Å²) in [6, 6.07) is 6.54. The first-order valence-corrected chi connectivity index (χ1v) is 7.70. The van der Waals surface area contributed by atoms with Crippen molar-refractivity contribution < 1.29 is 15.0 Å². The average Bonchev–Trinajstić information content (AvgIpc) is 2.88. The molecule has 0 fully saturated rings. The zero-order valence-electron chi connectivity index (χ0n) is 11.5. The molecule has 1 aromatic heterocycles. The summed E-state index contributed by atoms with van der Waals surface area (Å²) in [6.45, 7) is 0. The summed E-state index contributed by atoms with van der Waals surface area (Å²) in [5.74, 6) is -0.972. The maximum absolute atomic E-state index is 11.0. The van der Waals surface area contributed by atoms with E-state index in [-0.39, 0.29) is 17.2 Å². The molecular weight excluding hydrogens is 361 g/mol. The van der Waals surface area contributed by atoms with E-state index in [4.69, 9.17) is 39.9 Å². The number of hydrogen-bond donors (Lipinski definition) is 3. The van der Waals surface area contributed by atoms with E-state index in [2.05, 4.69) is 4.98 Å². The SMILES string of the molecule is O=C(O)Cc1c[nH]c2c(-c3cc(Cl)c(Cl)c(Cl)c3)ccc(O)c12. The molecule has 0 aliphatic carbocycles. The van der Waals surface area contributed by atoms with Gasteiger partial charge in [-0.2, -0.15) is 0 Å². The zero-order chi connectivity index (χ0) is 16.7. The fourth-order valence-electron chi connectivity index (χ4n) is 2.55. The minimum absolute atomic E-state index is 0.00686. The van der Waals surface area contributed by atoms with Crippen LogP contribution >= 0.6 is 34.8 Å². The molecule has 0 bridgehead atoms. The first-order valence-electron chi connectivity index (χ1n) is 6.57. The first kappa shape index (κ1) is 16.0. The highest BCUT2D eigenvalue weighted by Crippen LogP contribution is 2.40. The molecule has 0 unspecified atom stereocenters. The van der Waals surface area contributed by atoms with Gasteiger partial charge in [0, 0.05) is 17.1 Å². The number of fused-ring (bicyclic) bond motifs is 1. The second-order valence-corrected chi connectivity index (χ2v) is 6.21. The number of halogens is 3. The number of aliphatic carboxylic acids is 1. The van der Waals surface area contributed by atoms with Crippen LogP contribution in [0, 0.1) is 0 Å². The van der Waals surface area contributed by atoms with Gasteiger partial charge in [0.15, 0.2) is 0 Å². The summed E-state index contributed by atoms with van der Waals surface area (Å²) in [4.78, 5) is 14.0. The van der Waals surface area contributed by atoms with Gasteiger partial charge in [-0.3, -0.25) is 4.79 Å². The molecule has 4 nitrogen and oxygen atoms in total. The van der Waals surface area contributed by atoms with Gasteiger partial charge in [-0.15, -0.1) is 0 Å². The van der Waals surface area contributed by atoms with E-state index in [9.17, 15) is 9.90 Å². The lowest BCUT2D eigenvalue weighted by atomic mass is 10.0. The number of benzene rings is 2. The fourth-order valence-corrected chi connectivity index (χ4v) is 3.15.